The highest BCUT2D eigenvalue weighted by Gasteiger charge is 2.15. The van der Waals surface area contributed by atoms with E-state index in [1.54, 1.807) is 17.1 Å². The highest BCUT2D eigenvalue weighted by molar-refractivity contribution is 7.99. The molecule has 0 radical (unpaired) electrons. The van der Waals surface area contributed by atoms with E-state index in [-0.39, 0.29) is 11.7 Å². The smallest absolute Gasteiger partial charge is 0.234 e. The second-order valence-electron chi connectivity index (χ2n) is 6.41. The molecule has 29 heavy (non-hydrogen) atoms. The maximum absolute atomic E-state index is 12.3. The number of anilines is 2. The van der Waals surface area contributed by atoms with Crippen LogP contribution in [0, 0.1) is 0 Å². The molecule has 0 saturated carbocycles. The van der Waals surface area contributed by atoms with Crippen LogP contribution in [0.2, 0.25) is 5.02 Å². The predicted molar refractivity (Wildman–Crippen MR) is 115 cm³/mol. The Morgan fingerprint density at radius 1 is 1.17 bits per heavy atom. The number of nitrogens with one attached hydrogen (secondary N) is 1. The highest BCUT2D eigenvalue weighted by atomic mass is 35.5. The van der Waals surface area contributed by atoms with Gasteiger partial charge >= 0.3 is 0 Å². The van der Waals surface area contributed by atoms with Gasteiger partial charge in [-0.2, -0.15) is 0 Å². The number of carbonyl (C=O) groups is 1. The summed E-state index contributed by atoms with van der Waals surface area (Å²) in [6.07, 6.45) is 1.64. The third-order valence-corrected chi connectivity index (χ3v) is 5.56. The molecule has 1 aliphatic rings. The van der Waals surface area contributed by atoms with Gasteiger partial charge in [-0.1, -0.05) is 41.6 Å². The minimum Gasteiger partial charge on any atom is -0.378 e. The van der Waals surface area contributed by atoms with Crippen molar-refractivity contribution < 1.29 is 9.53 Å². The number of halogens is 1. The van der Waals surface area contributed by atoms with Crippen LogP contribution in [0.3, 0.4) is 0 Å². The number of aromatic nitrogens is 3. The average Bonchev–Trinajstić information content (AvgIpc) is 3.23. The summed E-state index contributed by atoms with van der Waals surface area (Å²) in [7, 11) is 0. The predicted octanol–water partition coefficient (Wildman–Crippen LogP) is 3.49. The minimum absolute atomic E-state index is 0.138. The molecule has 2 heterocycles. The molecule has 9 heteroatoms. The van der Waals surface area contributed by atoms with E-state index < -0.39 is 0 Å². The number of morpholine rings is 1. The maximum Gasteiger partial charge on any atom is 0.234 e. The first kappa shape index (κ1) is 19.8. The Hall–Kier alpha value is -2.55. The van der Waals surface area contributed by atoms with Crippen LogP contribution >= 0.6 is 23.4 Å². The Balaban J connectivity index is 1.32. The Morgan fingerprint density at radius 3 is 2.72 bits per heavy atom. The number of rotatable bonds is 6. The van der Waals surface area contributed by atoms with Gasteiger partial charge in [0.1, 0.15) is 6.33 Å². The van der Waals surface area contributed by atoms with Gasteiger partial charge in [0.15, 0.2) is 0 Å². The number of thioether (sulfide) groups is 1. The number of ether oxygens (including phenoxy) is 1. The van der Waals surface area contributed by atoms with Crippen molar-refractivity contribution in [1.82, 2.24) is 14.8 Å². The monoisotopic (exact) mass is 429 g/mol. The third kappa shape index (κ3) is 5.09. The molecule has 1 aromatic heterocycles. The zero-order valence-electron chi connectivity index (χ0n) is 15.6. The first-order chi connectivity index (χ1) is 14.2. The first-order valence-corrected chi connectivity index (χ1v) is 10.6. The van der Waals surface area contributed by atoms with Crippen LogP contribution in [0.25, 0.3) is 5.69 Å². The van der Waals surface area contributed by atoms with E-state index in [4.69, 9.17) is 16.3 Å². The Labute approximate surface area is 178 Å². The van der Waals surface area contributed by atoms with Crippen molar-refractivity contribution in [3.63, 3.8) is 0 Å². The van der Waals surface area contributed by atoms with Crippen LogP contribution in [-0.4, -0.2) is 52.7 Å². The number of carbonyl (C=O) groups excluding carboxylic acids is 1. The Bertz CT molecular complexity index is 976. The molecule has 1 N–H and O–H groups in total. The third-order valence-electron chi connectivity index (χ3n) is 4.41. The van der Waals surface area contributed by atoms with Gasteiger partial charge in [-0.05, 0) is 30.3 Å². The lowest BCUT2D eigenvalue weighted by atomic mass is 10.2. The summed E-state index contributed by atoms with van der Waals surface area (Å²) in [4.78, 5) is 18.7. The van der Waals surface area contributed by atoms with Crippen molar-refractivity contribution >= 4 is 40.6 Å². The van der Waals surface area contributed by atoms with Crippen molar-refractivity contribution in [3.8, 4) is 5.69 Å². The van der Waals surface area contributed by atoms with Gasteiger partial charge in [0.25, 0.3) is 0 Å². The van der Waals surface area contributed by atoms with E-state index in [0.29, 0.717) is 29.1 Å². The summed E-state index contributed by atoms with van der Waals surface area (Å²) in [5.41, 5.74) is 2.55. The lowest BCUT2D eigenvalue weighted by Crippen LogP contribution is -2.36. The lowest BCUT2D eigenvalue weighted by Gasteiger charge is -2.29. The normalized spacial score (nSPS) is 14.0. The van der Waals surface area contributed by atoms with E-state index >= 15 is 0 Å². The summed E-state index contributed by atoms with van der Waals surface area (Å²) in [6, 6.07) is 15.3. The molecule has 0 aliphatic carbocycles. The van der Waals surface area contributed by atoms with Crippen LogP contribution in [0.1, 0.15) is 0 Å². The summed E-state index contributed by atoms with van der Waals surface area (Å²) in [5.74, 6) is 0.0722. The van der Waals surface area contributed by atoms with Crippen LogP contribution in [-0.2, 0) is 9.53 Å². The maximum atomic E-state index is 12.3. The average molecular weight is 430 g/mol. The molecule has 1 aliphatic heterocycles. The van der Waals surface area contributed by atoms with Crippen molar-refractivity contribution in [1.29, 1.82) is 0 Å². The number of hydrogen-bond donors (Lipinski definition) is 1. The van der Waals surface area contributed by atoms with Crippen molar-refractivity contribution in [2.75, 3.05) is 42.3 Å². The van der Waals surface area contributed by atoms with E-state index in [2.05, 4.69) is 20.3 Å². The molecule has 4 rings (SSSR count). The summed E-state index contributed by atoms with van der Waals surface area (Å²) in [6.45, 7) is 3.01. The molecule has 7 nitrogen and oxygen atoms in total. The zero-order valence-corrected chi connectivity index (χ0v) is 17.2. The summed E-state index contributed by atoms with van der Waals surface area (Å²) < 4.78 is 7.06. The molecular formula is C20H20ClN5O2S. The molecule has 3 aromatic rings. The van der Waals surface area contributed by atoms with Gasteiger partial charge in [-0.15, -0.1) is 5.10 Å². The van der Waals surface area contributed by atoms with Gasteiger partial charge in [-0.3, -0.25) is 4.79 Å². The first-order valence-electron chi connectivity index (χ1n) is 9.21. The largest absolute Gasteiger partial charge is 0.378 e. The Kier molecular flexibility index (Phi) is 6.33. The van der Waals surface area contributed by atoms with Gasteiger partial charge in [0.05, 0.1) is 35.4 Å². The summed E-state index contributed by atoms with van der Waals surface area (Å²) in [5, 5.41) is 8.42. The molecule has 1 fully saturated rings. The van der Waals surface area contributed by atoms with Crippen LogP contribution in [0.15, 0.2) is 60.0 Å². The van der Waals surface area contributed by atoms with Crippen LogP contribution in [0.5, 0.6) is 0 Å². The van der Waals surface area contributed by atoms with Gasteiger partial charge in [-0.25, -0.2) is 9.67 Å². The van der Waals surface area contributed by atoms with E-state index in [1.165, 1.54) is 11.8 Å². The minimum atomic E-state index is -0.138. The standard InChI is InChI=1S/C20H20ClN5O2S/c21-17-12-15(6-7-18(17)25-8-10-28-11-9-25)23-19(27)13-29-20-22-14-26(24-20)16-4-2-1-3-5-16/h1-7,12,14H,8-11,13H2,(H,23,27). The van der Waals surface area contributed by atoms with Crippen LogP contribution < -0.4 is 10.2 Å². The second kappa shape index (κ2) is 9.30. The number of nitrogens with zero attached hydrogens (tertiary/aromatic N) is 4. The zero-order chi connectivity index (χ0) is 20.1. The molecule has 2 aromatic carbocycles. The SMILES string of the molecule is O=C(CSc1ncn(-c2ccccc2)n1)Nc1ccc(N2CCOCC2)c(Cl)c1. The molecule has 1 amide bonds. The quantitative estimate of drug-likeness (QED) is 0.605. The van der Waals surface area contributed by atoms with E-state index in [0.717, 1.165) is 24.5 Å². The van der Waals surface area contributed by atoms with Crippen molar-refractivity contribution in [2.45, 2.75) is 5.16 Å². The molecule has 0 spiro atoms. The number of para-hydroxylation sites is 1. The molecule has 0 unspecified atom stereocenters. The topological polar surface area (TPSA) is 72.3 Å². The van der Waals surface area contributed by atoms with E-state index in [9.17, 15) is 4.79 Å². The van der Waals surface area contributed by atoms with Crippen molar-refractivity contribution in [2.24, 2.45) is 0 Å². The highest BCUT2D eigenvalue weighted by Crippen LogP contribution is 2.29. The Morgan fingerprint density at radius 2 is 1.97 bits per heavy atom. The summed E-state index contributed by atoms with van der Waals surface area (Å²) >= 11 is 7.70. The molecule has 1 saturated heterocycles. The van der Waals surface area contributed by atoms with Gasteiger partial charge in [0.2, 0.25) is 11.1 Å². The molecular weight excluding hydrogens is 410 g/mol. The fraction of sp³-hybridized carbons (Fsp3) is 0.250. The molecule has 150 valence electrons. The van der Waals surface area contributed by atoms with Gasteiger partial charge < -0.3 is 15.0 Å². The number of benzene rings is 2. The fourth-order valence-corrected chi connectivity index (χ4v) is 3.89. The number of amides is 1. The van der Waals surface area contributed by atoms with Gasteiger partial charge in [0, 0.05) is 18.8 Å². The molecule has 0 atom stereocenters. The second-order valence-corrected chi connectivity index (χ2v) is 7.76. The van der Waals surface area contributed by atoms with Crippen molar-refractivity contribution in [3.05, 3.63) is 59.9 Å². The van der Waals surface area contributed by atoms with E-state index in [1.807, 2.05) is 42.5 Å². The lowest BCUT2D eigenvalue weighted by molar-refractivity contribution is -0.113. The van der Waals surface area contributed by atoms with Crippen LogP contribution in [0.4, 0.5) is 11.4 Å². The molecule has 0 bridgehead atoms. The number of hydrogen-bond acceptors (Lipinski definition) is 6. The fourth-order valence-electron chi connectivity index (χ4n) is 2.99.